The van der Waals surface area contributed by atoms with Crippen LogP contribution < -0.4 is 10.2 Å². The van der Waals surface area contributed by atoms with E-state index in [1.165, 1.54) is 40.5 Å². The Morgan fingerprint density at radius 2 is 2.16 bits per heavy atom. The van der Waals surface area contributed by atoms with Crippen LogP contribution in [0.4, 0.5) is 15.2 Å². The Morgan fingerprint density at radius 1 is 1.40 bits per heavy atom. The van der Waals surface area contributed by atoms with Crippen molar-refractivity contribution in [2.75, 3.05) is 23.4 Å². The Bertz CT molecular complexity index is 765. The Hall–Kier alpha value is -2.39. The summed E-state index contributed by atoms with van der Waals surface area (Å²) < 4.78 is 18.2. The lowest BCUT2D eigenvalue weighted by Gasteiger charge is -2.16. The van der Waals surface area contributed by atoms with Crippen LogP contribution in [0.5, 0.6) is 0 Å². The van der Waals surface area contributed by atoms with Gasteiger partial charge in [0.05, 0.1) is 5.92 Å². The third-order valence-electron chi connectivity index (χ3n) is 3.76. The summed E-state index contributed by atoms with van der Waals surface area (Å²) >= 11 is 1.24. The molecule has 2 heterocycles. The highest BCUT2D eigenvalue weighted by molar-refractivity contribution is 7.15. The number of nitrogens with one attached hydrogen (secondary N) is 1. The summed E-state index contributed by atoms with van der Waals surface area (Å²) in [6, 6.07) is 5.63. The van der Waals surface area contributed by atoms with E-state index >= 15 is 0 Å². The van der Waals surface area contributed by atoms with Gasteiger partial charge in [0, 0.05) is 25.3 Å². The average molecular weight is 364 g/mol. The van der Waals surface area contributed by atoms with Crippen molar-refractivity contribution in [2.24, 2.45) is 5.92 Å². The van der Waals surface area contributed by atoms with Gasteiger partial charge in [0.25, 0.3) is 0 Å². The standard InChI is InChI=1S/C16H17FN4O3S/c1-2-24-9-13-19-20-16(25-13)18-15(23)10-7-14(22)21(8-10)12-5-3-11(17)4-6-12/h3-6,10H,2,7-9H2,1H3,(H,18,20,23)/t10-/m1/s1. The number of halogens is 1. The van der Waals surface area contributed by atoms with Crippen molar-refractivity contribution in [1.29, 1.82) is 0 Å². The lowest BCUT2D eigenvalue weighted by molar-refractivity contribution is -0.122. The first-order chi connectivity index (χ1) is 12.1. The number of hydrogen-bond acceptors (Lipinski definition) is 6. The minimum absolute atomic E-state index is 0.105. The molecule has 1 aliphatic heterocycles. The zero-order chi connectivity index (χ0) is 17.8. The molecule has 25 heavy (non-hydrogen) atoms. The zero-order valence-electron chi connectivity index (χ0n) is 13.6. The molecule has 0 bridgehead atoms. The van der Waals surface area contributed by atoms with E-state index in [0.29, 0.717) is 29.0 Å². The first-order valence-corrected chi connectivity index (χ1v) is 8.65. The van der Waals surface area contributed by atoms with Crippen molar-refractivity contribution >= 4 is 34.0 Å². The van der Waals surface area contributed by atoms with Crippen LogP contribution in [-0.4, -0.2) is 35.2 Å². The van der Waals surface area contributed by atoms with Crippen LogP contribution in [0.3, 0.4) is 0 Å². The molecule has 0 radical (unpaired) electrons. The maximum atomic E-state index is 13.0. The summed E-state index contributed by atoms with van der Waals surface area (Å²) in [5, 5.41) is 11.6. The molecule has 0 saturated carbocycles. The quantitative estimate of drug-likeness (QED) is 0.849. The van der Waals surface area contributed by atoms with Gasteiger partial charge in [-0.25, -0.2) is 4.39 Å². The van der Waals surface area contributed by atoms with E-state index < -0.39 is 5.92 Å². The molecule has 1 aromatic heterocycles. The molecular weight excluding hydrogens is 347 g/mol. The van der Waals surface area contributed by atoms with Gasteiger partial charge in [0.2, 0.25) is 16.9 Å². The predicted octanol–water partition coefficient (Wildman–Crippen LogP) is 2.21. The van der Waals surface area contributed by atoms with Gasteiger partial charge in [-0.15, -0.1) is 10.2 Å². The molecule has 2 amide bonds. The van der Waals surface area contributed by atoms with E-state index in [9.17, 15) is 14.0 Å². The van der Waals surface area contributed by atoms with E-state index in [0.717, 1.165) is 0 Å². The van der Waals surface area contributed by atoms with E-state index in [2.05, 4.69) is 15.5 Å². The molecule has 1 aromatic carbocycles. The van der Waals surface area contributed by atoms with Gasteiger partial charge >= 0.3 is 0 Å². The SMILES string of the molecule is CCOCc1nnc(NC(=O)[C@@H]2CC(=O)N(c3ccc(F)cc3)C2)s1. The van der Waals surface area contributed by atoms with E-state index in [-0.39, 0.29) is 30.6 Å². The van der Waals surface area contributed by atoms with Gasteiger partial charge < -0.3 is 15.0 Å². The summed E-state index contributed by atoms with van der Waals surface area (Å²) in [6.45, 7) is 3.06. The minimum atomic E-state index is -0.489. The van der Waals surface area contributed by atoms with Crippen LogP contribution in [-0.2, 0) is 20.9 Å². The Balaban J connectivity index is 1.60. The number of benzene rings is 1. The number of rotatable bonds is 6. The molecule has 1 atom stereocenters. The Labute approximate surface area is 147 Å². The normalized spacial score (nSPS) is 17.1. The van der Waals surface area contributed by atoms with Crippen LogP contribution in [0, 0.1) is 11.7 Å². The monoisotopic (exact) mass is 364 g/mol. The maximum absolute atomic E-state index is 13.0. The average Bonchev–Trinajstić information content (AvgIpc) is 3.20. The van der Waals surface area contributed by atoms with Gasteiger partial charge in [-0.1, -0.05) is 11.3 Å². The van der Waals surface area contributed by atoms with Gasteiger partial charge in [-0.05, 0) is 31.2 Å². The number of aromatic nitrogens is 2. The van der Waals surface area contributed by atoms with E-state index in [1.807, 2.05) is 6.92 Å². The summed E-state index contributed by atoms with van der Waals surface area (Å²) in [7, 11) is 0. The van der Waals surface area contributed by atoms with Crippen LogP contribution in [0.2, 0.25) is 0 Å². The number of ether oxygens (including phenoxy) is 1. The lowest BCUT2D eigenvalue weighted by Crippen LogP contribution is -2.28. The molecule has 0 spiro atoms. The zero-order valence-corrected chi connectivity index (χ0v) is 14.4. The smallest absolute Gasteiger partial charge is 0.231 e. The van der Waals surface area contributed by atoms with E-state index in [1.54, 1.807) is 0 Å². The molecular formula is C16H17FN4O3S. The fourth-order valence-electron chi connectivity index (χ4n) is 2.51. The van der Waals surface area contributed by atoms with Crippen molar-refractivity contribution < 1.29 is 18.7 Å². The van der Waals surface area contributed by atoms with Gasteiger partial charge in [0.15, 0.2) is 0 Å². The van der Waals surface area contributed by atoms with Crippen molar-refractivity contribution in [1.82, 2.24) is 10.2 Å². The van der Waals surface area contributed by atoms with Crippen molar-refractivity contribution in [3.05, 3.63) is 35.1 Å². The molecule has 0 aliphatic carbocycles. The number of anilines is 2. The fourth-order valence-corrected chi connectivity index (χ4v) is 3.19. The first kappa shape index (κ1) is 17.4. The first-order valence-electron chi connectivity index (χ1n) is 7.83. The molecule has 1 N–H and O–H groups in total. The largest absolute Gasteiger partial charge is 0.374 e. The van der Waals surface area contributed by atoms with Crippen molar-refractivity contribution in [2.45, 2.75) is 20.0 Å². The molecule has 7 nitrogen and oxygen atoms in total. The Morgan fingerprint density at radius 3 is 2.88 bits per heavy atom. The number of nitrogens with zero attached hydrogens (tertiary/aromatic N) is 3. The van der Waals surface area contributed by atoms with Crippen LogP contribution in [0.1, 0.15) is 18.4 Å². The molecule has 1 aliphatic rings. The molecule has 132 valence electrons. The Kier molecular flexibility index (Phi) is 5.34. The molecule has 9 heteroatoms. The number of amides is 2. The second-order valence-electron chi connectivity index (χ2n) is 5.51. The third-order valence-corrected chi connectivity index (χ3v) is 4.57. The van der Waals surface area contributed by atoms with Gasteiger partial charge in [-0.3, -0.25) is 9.59 Å². The fraction of sp³-hybridized carbons (Fsp3) is 0.375. The summed E-state index contributed by atoms with van der Waals surface area (Å²) in [4.78, 5) is 26.0. The molecule has 0 unspecified atom stereocenters. The maximum Gasteiger partial charge on any atom is 0.231 e. The molecule has 1 fully saturated rings. The van der Waals surface area contributed by atoms with Gasteiger partial charge in [0.1, 0.15) is 17.4 Å². The predicted molar refractivity (Wildman–Crippen MR) is 90.7 cm³/mol. The highest BCUT2D eigenvalue weighted by Gasteiger charge is 2.35. The van der Waals surface area contributed by atoms with Crippen LogP contribution in [0.15, 0.2) is 24.3 Å². The second-order valence-corrected chi connectivity index (χ2v) is 6.57. The molecule has 3 rings (SSSR count). The van der Waals surface area contributed by atoms with E-state index in [4.69, 9.17) is 4.74 Å². The van der Waals surface area contributed by atoms with Crippen molar-refractivity contribution in [3.63, 3.8) is 0 Å². The van der Waals surface area contributed by atoms with Crippen LogP contribution in [0.25, 0.3) is 0 Å². The van der Waals surface area contributed by atoms with Crippen LogP contribution >= 0.6 is 11.3 Å². The van der Waals surface area contributed by atoms with Gasteiger partial charge in [-0.2, -0.15) is 0 Å². The summed E-state index contributed by atoms with van der Waals surface area (Å²) in [6.07, 6.45) is 0.105. The number of hydrogen-bond donors (Lipinski definition) is 1. The molecule has 2 aromatic rings. The number of carbonyl (C=O) groups is 2. The minimum Gasteiger partial charge on any atom is -0.374 e. The highest BCUT2D eigenvalue weighted by Crippen LogP contribution is 2.26. The summed E-state index contributed by atoms with van der Waals surface area (Å²) in [5.74, 6) is -1.31. The number of carbonyl (C=O) groups excluding carboxylic acids is 2. The highest BCUT2D eigenvalue weighted by atomic mass is 32.1. The second kappa shape index (κ2) is 7.66. The molecule has 1 saturated heterocycles. The third kappa shape index (κ3) is 4.18. The van der Waals surface area contributed by atoms with Crippen molar-refractivity contribution in [3.8, 4) is 0 Å². The lowest BCUT2D eigenvalue weighted by atomic mass is 10.1. The summed E-state index contributed by atoms with van der Waals surface area (Å²) in [5.41, 5.74) is 0.580. The topological polar surface area (TPSA) is 84.4 Å².